The molecule has 1 fully saturated rings. The van der Waals surface area contributed by atoms with E-state index in [-0.39, 0.29) is 0 Å². The first kappa shape index (κ1) is 11.1. The Morgan fingerprint density at radius 1 is 1.33 bits per heavy atom. The number of hydrogen-bond donors (Lipinski definition) is 0. The highest BCUT2D eigenvalue weighted by Gasteiger charge is 2.37. The minimum Gasteiger partial charge on any atom is -0.343 e. The summed E-state index contributed by atoms with van der Waals surface area (Å²) >= 11 is 3.47. The van der Waals surface area contributed by atoms with E-state index in [0.29, 0.717) is 13.2 Å². The smallest absolute Gasteiger partial charge is 0.195 e. The molecule has 82 valence electrons. The van der Waals surface area contributed by atoms with Gasteiger partial charge in [-0.05, 0) is 12.1 Å². The van der Waals surface area contributed by atoms with E-state index in [2.05, 4.69) is 35.0 Å². The first-order valence-corrected chi connectivity index (χ1v) is 6.10. The van der Waals surface area contributed by atoms with Crippen LogP contribution in [0.5, 0.6) is 0 Å². The van der Waals surface area contributed by atoms with Gasteiger partial charge >= 0.3 is 0 Å². The lowest BCUT2D eigenvalue weighted by molar-refractivity contribution is -0.171. The topological polar surface area (TPSA) is 18.5 Å². The summed E-state index contributed by atoms with van der Waals surface area (Å²) in [5.74, 6) is -0.501. The molecule has 1 aromatic carbocycles. The van der Waals surface area contributed by atoms with Crippen molar-refractivity contribution in [2.24, 2.45) is 0 Å². The Hall–Kier alpha value is -0.380. The Bertz CT molecular complexity index is 332. The van der Waals surface area contributed by atoms with Crippen molar-refractivity contribution in [1.82, 2.24) is 0 Å². The largest absolute Gasteiger partial charge is 0.343 e. The van der Waals surface area contributed by atoms with E-state index in [1.54, 1.807) is 0 Å². The predicted molar refractivity (Wildman–Crippen MR) is 62.6 cm³/mol. The van der Waals surface area contributed by atoms with Gasteiger partial charge in [-0.15, -0.1) is 0 Å². The molecule has 0 atom stereocenters. The third-order valence-electron chi connectivity index (χ3n) is 2.60. The third-order valence-corrected chi connectivity index (χ3v) is 3.09. The van der Waals surface area contributed by atoms with Gasteiger partial charge in [0.25, 0.3) is 0 Å². The van der Waals surface area contributed by atoms with Crippen LogP contribution in [0, 0.1) is 0 Å². The Labute approximate surface area is 98.7 Å². The maximum atomic E-state index is 5.78. The summed E-state index contributed by atoms with van der Waals surface area (Å²) in [6, 6.07) is 8.16. The van der Waals surface area contributed by atoms with E-state index in [1.807, 2.05) is 12.1 Å². The molecule has 0 amide bonds. The molecule has 0 spiro atoms. The van der Waals surface area contributed by atoms with E-state index >= 15 is 0 Å². The Morgan fingerprint density at radius 3 is 2.67 bits per heavy atom. The highest BCUT2D eigenvalue weighted by molar-refractivity contribution is 9.10. The number of benzene rings is 1. The van der Waals surface area contributed by atoms with Crippen molar-refractivity contribution in [3.05, 3.63) is 34.3 Å². The average Bonchev–Trinajstić information content (AvgIpc) is 2.68. The Morgan fingerprint density at radius 2 is 2.07 bits per heavy atom. The van der Waals surface area contributed by atoms with Gasteiger partial charge in [0.15, 0.2) is 5.79 Å². The van der Waals surface area contributed by atoms with Crippen molar-refractivity contribution in [2.75, 3.05) is 13.2 Å². The summed E-state index contributed by atoms with van der Waals surface area (Å²) in [5.41, 5.74) is 1.11. The molecule has 1 aliphatic rings. The van der Waals surface area contributed by atoms with Crippen molar-refractivity contribution in [3.8, 4) is 0 Å². The molecule has 0 aliphatic carbocycles. The minimum atomic E-state index is -0.501. The van der Waals surface area contributed by atoms with Gasteiger partial charge in [-0.2, -0.15) is 0 Å². The summed E-state index contributed by atoms with van der Waals surface area (Å²) in [5, 5.41) is 0. The van der Waals surface area contributed by atoms with Gasteiger partial charge in [0.1, 0.15) is 0 Å². The van der Waals surface area contributed by atoms with E-state index in [9.17, 15) is 0 Å². The summed E-state index contributed by atoms with van der Waals surface area (Å²) in [6.45, 7) is 3.52. The second-order valence-corrected chi connectivity index (χ2v) is 4.63. The molecule has 0 radical (unpaired) electrons. The molecule has 1 aromatic rings. The minimum absolute atomic E-state index is 0.501. The maximum Gasteiger partial charge on any atom is 0.195 e. The molecule has 0 N–H and O–H groups in total. The van der Waals surface area contributed by atoms with Gasteiger partial charge in [0.2, 0.25) is 0 Å². The van der Waals surface area contributed by atoms with Crippen LogP contribution in [0.2, 0.25) is 0 Å². The SMILES string of the molecule is CCCC1(c2cccc(Br)c2)OCCO1. The lowest BCUT2D eigenvalue weighted by Crippen LogP contribution is -2.26. The molecule has 1 saturated heterocycles. The van der Waals surface area contributed by atoms with E-state index in [1.165, 1.54) is 0 Å². The Kier molecular flexibility index (Phi) is 3.44. The molecular weight excluding hydrogens is 256 g/mol. The van der Waals surface area contributed by atoms with Crippen molar-refractivity contribution in [3.63, 3.8) is 0 Å². The molecule has 2 rings (SSSR count). The summed E-state index contributed by atoms with van der Waals surface area (Å²) in [4.78, 5) is 0. The zero-order chi connectivity index (χ0) is 10.7. The quantitative estimate of drug-likeness (QED) is 0.838. The normalized spacial score (nSPS) is 19.3. The molecule has 1 aliphatic heterocycles. The summed E-state index contributed by atoms with van der Waals surface area (Å²) in [7, 11) is 0. The molecule has 3 heteroatoms. The van der Waals surface area contributed by atoms with Crippen LogP contribution in [0.15, 0.2) is 28.7 Å². The lowest BCUT2D eigenvalue weighted by atomic mass is 10.0. The molecule has 2 nitrogen and oxygen atoms in total. The van der Waals surface area contributed by atoms with Crippen LogP contribution < -0.4 is 0 Å². The Balaban J connectivity index is 2.31. The summed E-state index contributed by atoms with van der Waals surface area (Å²) < 4.78 is 12.6. The van der Waals surface area contributed by atoms with Crippen molar-refractivity contribution >= 4 is 15.9 Å². The van der Waals surface area contributed by atoms with Crippen molar-refractivity contribution in [2.45, 2.75) is 25.6 Å². The van der Waals surface area contributed by atoms with Crippen LogP contribution in [-0.4, -0.2) is 13.2 Å². The lowest BCUT2D eigenvalue weighted by Gasteiger charge is -2.27. The van der Waals surface area contributed by atoms with Gasteiger partial charge in [0.05, 0.1) is 13.2 Å². The molecule has 0 aromatic heterocycles. The van der Waals surface area contributed by atoms with Crippen LogP contribution >= 0.6 is 15.9 Å². The molecule has 15 heavy (non-hydrogen) atoms. The van der Waals surface area contributed by atoms with Crippen LogP contribution in [0.3, 0.4) is 0 Å². The zero-order valence-corrected chi connectivity index (χ0v) is 10.4. The van der Waals surface area contributed by atoms with Crippen molar-refractivity contribution < 1.29 is 9.47 Å². The van der Waals surface area contributed by atoms with Gasteiger partial charge in [-0.25, -0.2) is 0 Å². The van der Waals surface area contributed by atoms with Crippen LogP contribution in [0.4, 0.5) is 0 Å². The van der Waals surface area contributed by atoms with Crippen LogP contribution in [-0.2, 0) is 15.3 Å². The molecule has 0 saturated carbocycles. The predicted octanol–water partition coefficient (Wildman–Crippen LogP) is 3.45. The highest BCUT2D eigenvalue weighted by Crippen LogP contribution is 2.36. The summed E-state index contributed by atoms with van der Waals surface area (Å²) in [6.07, 6.45) is 1.95. The van der Waals surface area contributed by atoms with Gasteiger partial charge in [0, 0.05) is 16.5 Å². The van der Waals surface area contributed by atoms with Crippen LogP contribution in [0.1, 0.15) is 25.3 Å². The maximum absolute atomic E-state index is 5.78. The number of rotatable bonds is 3. The fraction of sp³-hybridized carbons (Fsp3) is 0.500. The zero-order valence-electron chi connectivity index (χ0n) is 8.83. The van der Waals surface area contributed by atoms with Crippen molar-refractivity contribution in [1.29, 1.82) is 0 Å². The molecular formula is C12H15BrO2. The van der Waals surface area contributed by atoms with E-state index < -0.39 is 5.79 Å². The molecule has 1 heterocycles. The average molecular weight is 271 g/mol. The number of halogens is 1. The van der Waals surface area contributed by atoms with Gasteiger partial charge < -0.3 is 9.47 Å². The standard InChI is InChI=1S/C12H15BrO2/c1-2-6-12(14-7-8-15-12)10-4-3-5-11(13)9-10/h3-5,9H,2,6-8H2,1H3. The first-order chi connectivity index (χ1) is 7.27. The molecule has 0 bridgehead atoms. The van der Waals surface area contributed by atoms with E-state index in [4.69, 9.17) is 9.47 Å². The second-order valence-electron chi connectivity index (χ2n) is 3.71. The molecule has 0 unspecified atom stereocenters. The first-order valence-electron chi connectivity index (χ1n) is 5.31. The second kappa shape index (κ2) is 4.64. The number of ether oxygens (including phenoxy) is 2. The monoisotopic (exact) mass is 270 g/mol. The highest BCUT2D eigenvalue weighted by atomic mass is 79.9. The fourth-order valence-electron chi connectivity index (χ4n) is 1.96. The van der Waals surface area contributed by atoms with Gasteiger partial charge in [-0.3, -0.25) is 0 Å². The number of hydrogen-bond acceptors (Lipinski definition) is 2. The fourth-order valence-corrected chi connectivity index (χ4v) is 2.36. The van der Waals surface area contributed by atoms with E-state index in [0.717, 1.165) is 22.9 Å². The van der Waals surface area contributed by atoms with Crippen LogP contribution in [0.25, 0.3) is 0 Å². The van der Waals surface area contributed by atoms with Gasteiger partial charge in [-0.1, -0.05) is 41.4 Å². The third kappa shape index (κ3) is 2.25.